The standard InChI is InChI=1S/C17H26BrFN2/c1-12(13-5-6-16(19)15(18)11-13)20-14-7-9-21(10-8-14)17(2,3)4/h5-6,11-12,14,20H,7-10H2,1-4H3. The third-order valence-electron chi connectivity index (χ3n) is 4.37. The third kappa shape index (κ3) is 4.51. The molecule has 0 radical (unpaired) electrons. The van der Waals surface area contributed by atoms with Crippen molar-refractivity contribution in [1.29, 1.82) is 0 Å². The average molecular weight is 357 g/mol. The highest BCUT2D eigenvalue weighted by atomic mass is 79.9. The highest BCUT2D eigenvalue weighted by Crippen LogP contribution is 2.24. The average Bonchev–Trinajstić information content (AvgIpc) is 2.41. The number of piperidine rings is 1. The van der Waals surface area contributed by atoms with E-state index in [1.807, 2.05) is 12.1 Å². The molecule has 1 N–H and O–H groups in total. The molecule has 0 aliphatic carbocycles. The Morgan fingerprint density at radius 3 is 2.43 bits per heavy atom. The van der Waals surface area contributed by atoms with Crippen LogP contribution in [0.25, 0.3) is 0 Å². The van der Waals surface area contributed by atoms with Gasteiger partial charge in [-0.25, -0.2) is 4.39 Å². The molecule has 1 atom stereocenters. The lowest BCUT2D eigenvalue weighted by Gasteiger charge is -2.41. The second kappa shape index (κ2) is 6.76. The van der Waals surface area contributed by atoms with E-state index in [9.17, 15) is 4.39 Å². The van der Waals surface area contributed by atoms with E-state index >= 15 is 0 Å². The molecule has 0 amide bonds. The topological polar surface area (TPSA) is 15.3 Å². The van der Waals surface area contributed by atoms with Crippen molar-refractivity contribution < 1.29 is 4.39 Å². The van der Waals surface area contributed by atoms with E-state index in [1.165, 1.54) is 18.9 Å². The SMILES string of the molecule is CC(NC1CCN(C(C)(C)C)CC1)c1ccc(F)c(Br)c1. The Morgan fingerprint density at radius 2 is 1.90 bits per heavy atom. The van der Waals surface area contributed by atoms with Gasteiger partial charge in [0, 0.05) is 30.7 Å². The van der Waals surface area contributed by atoms with Crippen molar-refractivity contribution in [1.82, 2.24) is 10.2 Å². The number of hydrogen-bond acceptors (Lipinski definition) is 2. The molecule has 1 saturated heterocycles. The van der Waals surface area contributed by atoms with Crippen LogP contribution in [0.4, 0.5) is 4.39 Å². The Labute approximate surface area is 136 Å². The summed E-state index contributed by atoms with van der Waals surface area (Å²) in [4.78, 5) is 2.55. The van der Waals surface area contributed by atoms with Gasteiger partial charge in [-0.2, -0.15) is 0 Å². The smallest absolute Gasteiger partial charge is 0.137 e. The molecule has 1 aromatic carbocycles. The van der Waals surface area contributed by atoms with E-state index in [-0.39, 0.29) is 17.4 Å². The summed E-state index contributed by atoms with van der Waals surface area (Å²) in [6.07, 6.45) is 2.34. The minimum Gasteiger partial charge on any atom is -0.307 e. The van der Waals surface area contributed by atoms with Crippen molar-refractivity contribution in [3.8, 4) is 0 Å². The fourth-order valence-corrected chi connectivity index (χ4v) is 3.34. The number of nitrogens with zero attached hydrogens (tertiary/aromatic N) is 1. The summed E-state index contributed by atoms with van der Waals surface area (Å²) in [6.45, 7) is 11.3. The monoisotopic (exact) mass is 356 g/mol. The van der Waals surface area contributed by atoms with Crippen LogP contribution in [0.3, 0.4) is 0 Å². The van der Waals surface area contributed by atoms with Crippen molar-refractivity contribution in [2.75, 3.05) is 13.1 Å². The number of hydrogen-bond donors (Lipinski definition) is 1. The van der Waals surface area contributed by atoms with Gasteiger partial charge in [0.05, 0.1) is 4.47 Å². The highest BCUT2D eigenvalue weighted by Gasteiger charge is 2.27. The predicted molar refractivity (Wildman–Crippen MR) is 90.0 cm³/mol. The molecule has 1 unspecified atom stereocenters. The summed E-state index contributed by atoms with van der Waals surface area (Å²) in [5, 5.41) is 3.68. The third-order valence-corrected chi connectivity index (χ3v) is 4.98. The zero-order chi connectivity index (χ0) is 15.6. The lowest BCUT2D eigenvalue weighted by molar-refractivity contribution is 0.0942. The first kappa shape index (κ1) is 16.9. The Morgan fingerprint density at radius 1 is 1.29 bits per heavy atom. The van der Waals surface area contributed by atoms with E-state index in [0.717, 1.165) is 18.7 Å². The summed E-state index contributed by atoms with van der Waals surface area (Å²) in [7, 11) is 0. The first-order valence-electron chi connectivity index (χ1n) is 7.73. The van der Waals surface area contributed by atoms with Crippen molar-refractivity contribution in [3.63, 3.8) is 0 Å². The van der Waals surface area contributed by atoms with Crippen LogP contribution in [0, 0.1) is 5.82 Å². The molecule has 0 spiro atoms. The molecule has 1 aromatic rings. The molecule has 0 aromatic heterocycles. The molecular weight excluding hydrogens is 331 g/mol. The van der Waals surface area contributed by atoms with E-state index < -0.39 is 0 Å². The molecule has 1 fully saturated rings. The largest absolute Gasteiger partial charge is 0.307 e. The van der Waals surface area contributed by atoms with Gasteiger partial charge in [0.15, 0.2) is 0 Å². The molecule has 1 aliphatic rings. The van der Waals surface area contributed by atoms with Crippen molar-refractivity contribution in [2.45, 2.75) is 58.2 Å². The van der Waals surface area contributed by atoms with Gasteiger partial charge in [-0.15, -0.1) is 0 Å². The fourth-order valence-electron chi connectivity index (χ4n) is 2.95. The van der Waals surface area contributed by atoms with Crippen LogP contribution in [0.5, 0.6) is 0 Å². The van der Waals surface area contributed by atoms with Gasteiger partial charge < -0.3 is 5.32 Å². The van der Waals surface area contributed by atoms with Gasteiger partial charge in [0.1, 0.15) is 5.82 Å². The fraction of sp³-hybridized carbons (Fsp3) is 0.647. The lowest BCUT2D eigenvalue weighted by Crippen LogP contribution is -2.50. The zero-order valence-corrected chi connectivity index (χ0v) is 15.0. The molecule has 21 heavy (non-hydrogen) atoms. The minimum absolute atomic E-state index is 0.204. The van der Waals surface area contributed by atoms with Crippen LogP contribution in [0.1, 0.15) is 52.1 Å². The van der Waals surface area contributed by atoms with E-state index in [0.29, 0.717) is 10.5 Å². The number of rotatable bonds is 3. The van der Waals surface area contributed by atoms with Crippen molar-refractivity contribution >= 4 is 15.9 Å². The molecule has 1 heterocycles. The minimum atomic E-state index is -0.204. The molecule has 1 aliphatic heterocycles. The second-order valence-electron chi connectivity index (χ2n) is 6.99. The van der Waals surface area contributed by atoms with Crippen LogP contribution >= 0.6 is 15.9 Å². The lowest BCUT2D eigenvalue weighted by atomic mass is 9.97. The normalized spacial score (nSPS) is 19.7. The van der Waals surface area contributed by atoms with Crippen LogP contribution in [0.2, 0.25) is 0 Å². The summed E-state index contributed by atoms with van der Waals surface area (Å²) in [5.41, 5.74) is 1.39. The van der Waals surface area contributed by atoms with Crippen LogP contribution in [-0.4, -0.2) is 29.6 Å². The van der Waals surface area contributed by atoms with Gasteiger partial charge in [-0.1, -0.05) is 6.07 Å². The molecule has 0 saturated carbocycles. The number of nitrogens with one attached hydrogen (secondary N) is 1. The molecule has 4 heteroatoms. The van der Waals surface area contributed by atoms with E-state index in [4.69, 9.17) is 0 Å². The second-order valence-corrected chi connectivity index (χ2v) is 7.85. The Kier molecular flexibility index (Phi) is 5.44. The quantitative estimate of drug-likeness (QED) is 0.857. The molecule has 0 bridgehead atoms. The van der Waals surface area contributed by atoms with E-state index in [2.05, 4.69) is 53.8 Å². The predicted octanol–water partition coefficient (Wildman–Crippen LogP) is 4.50. The van der Waals surface area contributed by atoms with Gasteiger partial charge in [0.2, 0.25) is 0 Å². The Bertz CT molecular complexity index is 476. The molecule has 2 nitrogen and oxygen atoms in total. The van der Waals surface area contributed by atoms with E-state index in [1.54, 1.807) is 0 Å². The number of benzene rings is 1. The van der Waals surface area contributed by atoms with Crippen LogP contribution < -0.4 is 5.32 Å². The summed E-state index contributed by atoms with van der Waals surface area (Å²) < 4.78 is 13.8. The maximum atomic E-state index is 13.3. The van der Waals surface area contributed by atoms with Gasteiger partial charge in [-0.3, -0.25) is 4.90 Å². The Balaban J connectivity index is 1.89. The summed E-state index contributed by atoms with van der Waals surface area (Å²) in [6, 6.07) is 6.05. The highest BCUT2D eigenvalue weighted by molar-refractivity contribution is 9.10. The van der Waals surface area contributed by atoms with Crippen LogP contribution in [-0.2, 0) is 0 Å². The molecular formula is C17H26BrFN2. The van der Waals surface area contributed by atoms with Crippen LogP contribution in [0.15, 0.2) is 22.7 Å². The summed E-state index contributed by atoms with van der Waals surface area (Å²) in [5.74, 6) is -0.204. The van der Waals surface area contributed by atoms with Gasteiger partial charge >= 0.3 is 0 Å². The van der Waals surface area contributed by atoms with Gasteiger partial charge in [-0.05, 0) is 74.2 Å². The molecule has 118 valence electrons. The van der Waals surface area contributed by atoms with Crippen molar-refractivity contribution in [3.05, 3.63) is 34.1 Å². The first-order chi connectivity index (χ1) is 9.77. The summed E-state index contributed by atoms with van der Waals surface area (Å²) >= 11 is 3.26. The number of halogens is 2. The maximum Gasteiger partial charge on any atom is 0.137 e. The van der Waals surface area contributed by atoms with Crippen molar-refractivity contribution in [2.24, 2.45) is 0 Å². The van der Waals surface area contributed by atoms with Gasteiger partial charge in [0.25, 0.3) is 0 Å². The zero-order valence-electron chi connectivity index (χ0n) is 13.4. The first-order valence-corrected chi connectivity index (χ1v) is 8.52. The maximum absolute atomic E-state index is 13.3. The Hall–Kier alpha value is -0.450. The number of likely N-dealkylation sites (tertiary alicyclic amines) is 1. The molecule has 2 rings (SSSR count).